The third-order valence-corrected chi connectivity index (χ3v) is 19.8. The molecular weight excluding hydrogens is 808 g/mol. The van der Waals surface area contributed by atoms with Gasteiger partial charge in [-0.15, -0.1) is 0 Å². The smallest absolute Gasteiger partial charge is 0.443 e. The van der Waals surface area contributed by atoms with E-state index in [4.69, 9.17) is 18.3 Å². The van der Waals surface area contributed by atoms with Gasteiger partial charge in [0.15, 0.2) is 33.6 Å². The van der Waals surface area contributed by atoms with Crippen LogP contribution in [0.2, 0.25) is 36.3 Å². The molecule has 2 amide bonds. The normalized spacial score (nSPS) is 18.0. The van der Waals surface area contributed by atoms with Gasteiger partial charge in [0.2, 0.25) is 0 Å². The zero-order chi connectivity index (χ0) is 44.5. The lowest BCUT2D eigenvalue weighted by Gasteiger charge is -2.40. The number of hydrogen-bond donors (Lipinski definition) is 1. The molecule has 324 valence electrons. The molecule has 1 aromatic carbocycles. The molecular formula is C39H56F3N7O8Si2. The fourth-order valence-electron chi connectivity index (χ4n) is 5.48. The number of halogens is 3. The molecule has 0 unspecified atom stereocenters. The summed E-state index contributed by atoms with van der Waals surface area (Å²) in [7, 11) is -4.41. The third kappa shape index (κ3) is 11.7. The SMILES string of the molecule is CC(C)(C)OC(=O)N(Cc1ccc(C#CCNC(=O)C(F)(F)F)cc1[N+](=O)[O-])c1ncnc2c1ncn2[C@H]1C[C@H](O[Si](C)(C)C(C)(C)C)[C@@H](CO[Si](C)(C)C(C)(C)C)O1. The first-order valence-electron chi connectivity index (χ1n) is 19.2. The molecule has 1 aliphatic heterocycles. The van der Waals surface area contributed by atoms with Crippen molar-refractivity contribution >= 4 is 51.3 Å². The highest BCUT2D eigenvalue weighted by atomic mass is 28.4. The molecule has 59 heavy (non-hydrogen) atoms. The minimum Gasteiger partial charge on any atom is -0.443 e. The van der Waals surface area contributed by atoms with Crippen LogP contribution in [0.4, 0.5) is 29.5 Å². The lowest BCUT2D eigenvalue weighted by atomic mass is 10.1. The van der Waals surface area contributed by atoms with Crippen molar-refractivity contribution in [2.75, 3.05) is 18.1 Å². The number of nitrogens with zero attached hydrogens (tertiary/aromatic N) is 6. The van der Waals surface area contributed by atoms with Crippen LogP contribution in [0.3, 0.4) is 0 Å². The van der Waals surface area contributed by atoms with Gasteiger partial charge >= 0.3 is 18.2 Å². The quantitative estimate of drug-likeness (QED) is 0.0849. The van der Waals surface area contributed by atoms with Gasteiger partial charge in [-0.05, 0) is 69.2 Å². The highest BCUT2D eigenvalue weighted by molar-refractivity contribution is 6.74. The van der Waals surface area contributed by atoms with Crippen molar-refractivity contribution < 1.29 is 46.0 Å². The number of aromatic nitrogens is 4. The van der Waals surface area contributed by atoms with E-state index in [1.54, 1.807) is 37.0 Å². The van der Waals surface area contributed by atoms with Crippen LogP contribution in [0.15, 0.2) is 30.9 Å². The number of nitrogens with one attached hydrogen (secondary N) is 1. The number of anilines is 1. The molecule has 1 aliphatic rings. The number of nitro benzene ring substituents is 1. The standard InChI is InChI=1S/C39H56F3N7O8Si2/c1-36(2,3)56-35(51)47(21-26-17-16-25(19-27(26)49(52)53)15-14-18-43-34(50)39(40,41)42)32-31-33(45-23-44-32)48(24-46-31)30-20-28(57-59(12,13)38(7,8)9)29(55-30)22-54-58(10,11)37(4,5)6/h16-17,19,23-24,28-30H,18,20-22H2,1-13H3,(H,43,50)/t28-,29+,30+/m0/s1. The second-order valence-electron chi connectivity index (χ2n) is 18.5. The van der Waals surface area contributed by atoms with Crippen LogP contribution < -0.4 is 10.2 Å². The fourth-order valence-corrected chi connectivity index (χ4v) is 7.86. The molecule has 0 spiro atoms. The molecule has 3 atom stereocenters. The van der Waals surface area contributed by atoms with Crippen molar-refractivity contribution in [3.8, 4) is 11.8 Å². The molecule has 1 N–H and O–H groups in total. The Labute approximate surface area is 345 Å². The lowest BCUT2D eigenvalue weighted by molar-refractivity contribution is -0.385. The predicted octanol–water partition coefficient (Wildman–Crippen LogP) is 8.41. The zero-order valence-corrected chi connectivity index (χ0v) is 38.0. The highest BCUT2D eigenvalue weighted by Crippen LogP contribution is 2.43. The van der Waals surface area contributed by atoms with Crippen molar-refractivity contribution in [1.29, 1.82) is 0 Å². The molecule has 3 aromatic rings. The van der Waals surface area contributed by atoms with Gasteiger partial charge in [-0.1, -0.05) is 53.4 Å². The molecule has 0 aliphatic carbocycles. The number of benzene rings is 1. The Hall–Kier alpha value is -4.43. The first-order chi connectivity index (χ1) is 26.9. The minimum absolute atomic E-state index is 0.0199. The summed E-state index contributed by atoms with van der Waals surface area (Å²) in [5.74, 6) is 2.72. The first-order valence-corrected chi connectivity index (χ1v) is 25.0. The van der Waals surface area contributed by atoms with Crippen LogP contribution in [0, 0.1) is 22.0 Å². The molecule has 0 bridgehead atoms. The summed E-state index contributed by atoms with van der Waals surface area (Å²) in [5, 5.41) is 13.8. The Balaban J connectivity index is 1.72. The molecule has 0 saturated carbocycles. The number of carbonyl (C=O) groups excluding carboxylic acids is 2. The van der Waals surface area contributed by atoms with Crippen molar-refractivity contribution in [2.24, 2.45) is 0 Å². The van der Waals surface area contributed by atoms with Gasteiger partial charge < -0.3 is 23.6 Å². The molecule has 15 nitrogen and oxygen atoms in total. The third-order valence-electron chi connectivity index (χ3n) is 10.8. The zero-order valence-electron chi connectivity index (χ0n) is 36.0. The fraction of sp³-hybridized carbons (Fsp3) is 0.615. The second-order valence-corrected chi connectivity index (χ2v) is 28.1. The number of imidazole rings is 1. The van der Waals surface area contributed by atoms with Gasteiger partial charge in [-0.2, -0.15) is 13.2 Å². The maximum atomic E-state index is 13.9. The molecule has 0 radical (unpaired) electrons. The number of ether oxygens (including phenoxy) is 2. The van der Waals surface area contributed by atoms with E-state index in [0.717, 1.165) is 11.0 Å². The summed E-state index contributed by atoms with van der Waals surface area (Å²) in [6.07, 6.45) is -3.93. The van der Waals surface area contributed by atoms with Crippen molar-refractivity contribution in [3.05, 3.63) is 52.1 Å². The van der Waals surface area contributed by atoms with E-state index >= 15 is 0 Å². The number of amides is 2. The Morgan fingerprint density at radius 2 is 1.66 bits per heavy atom. The van der Waals surface area contributed by atoms with Crippen LogP contribution in [0.1, 0.15) is 86.1 Å². The Morgan fingerprint density at radius 3 is 2.24 bits per heavy atom. The topological polar surface area (TPSA) is 173 Å². The Morgan fingerprint density at radius 1 is 1.02 bits per heavy atom. The highest BCUT2D eigenvalue weighted by Gasteiger charge is 2.47. The predicted molar refractivity (Wildman–Crippen MR) is 221 cm³/mol. The first kappa shape index (κ1) is 47.3. The van der Waals surface area contributed by atoms with E-state index in [1.807, 2.05) is 0 Å². The number of fused-ring (bicyclic) bond motifs is 1. The van der Waals surface area contributed by atoms with E-state index in [-0.39, 0.29) is 38.6 Å². The average Bonchev–Trinajstić information content (AvgIpc) is 3.69. The van der Waals surface area contributed by atoms with Gasteiger partial charge in [0.25, 0.3) is 5.69 Å². The molecule has 4 rings (SSSR count). The van der Waals surface area contributed by atoms with Crippen molar-refractivity contribution in [3.63, 3.8) is 0 Å². The summed E-state index contributed by atoms with van der Waals surface area (Å²) in [5.41, 5.74) is -0.698. The van der Waals surface area contributed by atoms with Gasteiger partial charge in [-0.3, -0.25) is 24.4 Å². The average molecular weight is 864 g/mol. The number of nitro groups is 1. The number of alkyl halides is 3. The molecule has 3 heterocycles. The minimum atomic E-state index is -5.08. The molecule has 2 aromatic heterocycles. The van der Waals surface area contributed by atoms with Crippen LogP contribution in [-0.4, -0.2) is 90.2 Å². The van der Waals surface area contributed by atoms with E-state index in [9.17, 15) is 32.9 Å². The van der Waals surface area contributed by atoms with Crippen LogP contribution >= 0.6 is 0 Å². The lowest BCUT2D eigenvalue weighted by Crippen LogP contribution is -2.48. The number of carbonyl (C=O) groups is 2. The van der Waals surface area contributed by atoms with E-state index in [0.29, 0.717) is 18.7 Å². The van der Waals surface area contributed by atoms with Crippen molar-refractivity contribution in [2.45, 2.75) is 142 Å². The summed E-state index contributed by atoms with van der Waals surface area (Å²) < 4.78 is 65.4. The van der Waals surface area contributed by atoms with Crippen LogP contribution in [-0.2, 0) is 29.7 Å². The summed E-state index contributed by atoms with van der Waals surface area (Å²) in [4.78, 5) is 51.3. The number of rotatable bonds is 11. The largest absolute Gasteiger partial charge is 0.471 e. The van der Waals surface area contributed by atoms with E-state index < -0.39 is 76.4 Å². The Kier molecular flexibility index (Phi) is 13.8. The monoisotopic (exact) mass is 863 g/mol. The molecule has 20 heteroatoms. The van der Waals surface area contributed by atoms with Crippen molar-refractivity contribution in [1.82, 2.24) is 24.8 Å². The van der Waals surface area contributed by atoms with E-state index in [1.165, 1.54) is 18.5 Å². The van der Waals surface area contributed by atoms with Gasteiger partial charge in [0.05, 0.1) is 37.1 Å². The van der Waals surface area contributed by atoms with E-state index in [2.05, 4.69) is 94.5 Å². The van der Waals surface area contributed by atoms with Crippen LogP contribution in [0.25, 0.3) is 11.2 Å². The Bertz CT molecular complexity index is 2100. The summed E-state index contributed by atoms with van der Waals surface area (Å²) in [6.45, 7) is 26.1. The van der Waals surface area contributed by atoms with Gasteiger partial charge in [-0.25, -0.2) is 19.7 Å². The number of hydrogen-bond acceptors (Lipinski definition) is 11. The van der Waals surface area contributed by atoms with Crippen LogP contribution in [0.5, 0.6) is 0 Å². The maximum absolute atomic E-state index is 13.9. The second kappa shape index (κ2) is 17.3. The maximum Gasteiger partial charge on any atom is 0.471 e. The summed E-state index contributed by atoms with van der Waals surface area (Å²) >= 11 is 0. The summed E-state index contributed by atoms with van der Waals surface area (Å²) in [6, 6.07) is 3.89. The van der Waals surface area contributed by atoms with Gasteiger partial charge in [0.1, 0.15) is 24.3 Å². The van der Waals surface area contributed by atoms with Gasteiger partial charge in [0, 0.05) is 23.6 Å². The molecule has 1 fully saturated rings. The molecule has 1 saturated heterocycles.